The topological polar surface area (TPSA) is 26.0 Å². The third-order valence-electron chi connectivity index (χ3n) is 2.31. The van der Waals surface area contributed by atoms with Gasteiger partial charge in [-0.15, -0.1) is 6.58 Å². The average molecular weight is 193 g/mol. The lowest BCUT2D eigenvalue weighted by Gasteiger charge is -2.13. The third kappa shape index (κ3) is 2.67. The molecular weight excluding hydrogens is 177 g/mol. The summed E-state index contributed by atoms with van der Waals surface area (Å²) in [6.45, 7) is 5.53. The van der Waals surface area contributed by atoms with Crippen molar-refractivity contribution in [3.05, 3.63) is 47.8 Å². The van der Waals surface area contributed by atoms with Gasteiger partial charge in [-0.05, 0) is 43.0 Å². The molecule has 2 N–H and O–H groups in total. The van der Waals surface area contributed by atoms with Crippen LogP contribution < -0.4 is 5.73 Å². The van der Waals surface area contributed by atoms with Crippen LogP contribution >= 0.6 is 0 Å². The number of aryl methyl sites for hydroxylation is 1. The fourth-order valence-electron chi connectivity index (χ4n) is 1.51. The molecule has 0 aliphatic carbocycles. The van der Waals surface area contributed by atoms with E-state index in [9.17, 15) is 4.39 Å². The van der Waals surface area contributed by atoms with Gasteiger partial charge in [0.25, 0.3) is 0 Å². The van der Waals surface area contributed by atoms with Crippen LogP contribution in [0.5, 0.6) is 0 Å². The maximum atomic E-state index is 12.8. The minimum absolute atomic E-state index is 0.0198. The average Bonchev–Trinajstić information content (AvgIpc) is 2.14. The van der Waals surface area contributed by atoms with E-state index in [0.29, 0.717) is 0 Å². The highest BCUT2D eigenvalue weighted by Crippen LogP contribution is 2.20. The van der Waals surface area contributed by atoms with Gasteiger partial charge in [0.2, 0.25) is 0 Å². The Bertz CT molecular complexity index is 320. The molecule has 0 bridgehead atoms. The maximum absolute atomic E-state index is 12.8. The third-order valence-corrected chi connectivity index (χ3v) is 2.31. The standard InChI is InChI=1S/C12H16FN/c1-3-4-5-12(14)11-7-6-10(13)8-9(11)2/h3,6-8,12H,1,4-5,14H2,2H3. The number of hydrogen-bond acceptors (Lipinski definition) is 1. The molecule has 0 saturated carbocycles. The summed E-state index contributed by atoms with van der Waals surface area (Å²) in [5.41, 5.74) is 7.90. The number of nitrogens with two attached hydrogens (primary N) is 1. The zero-order chi connectivity index (χ0) is 10.6. The van der Waals surface area contributed by atoms with Crippen LogP contribution in [0.15, 0.2) is 30.9 Å². The van der Waals surface area contributed by atoms with Crippen LogP contribution in [0.3, 0.4) is 0 Å². The van der Waals surface area contributed by atoms with E-state index >= 15 is 0 Å². The first-order valence-corrected chi connectivity index (χ1v) is 4.77. The van der Waals surface area contributed by atoms with E-state index < -0.39 is 0 Å². The molecule has 0 spiro atoms. The Labute approximate surface area is 84.4 Å². The van der Waals surface area contributed by atoms with Crippen LogP contribution in [-0.2, 0) is 0 Å². The van der Waals surface area contributed by atoms with E-state index in [-0.39, 0.29) is 11.9 Å². The summed E-state index contributed by atoms with van der Waals surface area (Å²) < 4.78 is 12.8. The predicted molar refractivity (Wildman–Crippen MR) is 57.5 cm³/mol. The highest BCUT2D eigenvalue weighted by molar-refractivity contribution is 5.29. The first-order valence-electron chi connectivity index (χ1n) is 4.77. The lowest BCUT2D eigenvalue weighted by molar-refractivity contribution is 0.617. The molecule has 0 heterocycles. The predicted octanol–water partition coefficient (Wildman–Crippen LogP) is 3.10. The van der Waals surface area contributed by atoms with Crippen LogP contribution in [0.25, 0.3) is 0 Å². The molecule has 1 aromatic rings. The molecule has 1 atom stereocenters. The van der Waals surface area contributed by atoms with Crippen LogP contribution in [0.2, 0.25) is 0 Å². The summed E-state index contributed by atoms with van der Waals surface area (Å²) in [5.74, 6) is -0.206. The van der Waals surface area contributed by atoms with Gasteiger partial charge < -0.3 is 5.73 Å². The second-order valence-electron chi connectivity index (χ2n) is 3.47. The van der Waals surface area contributed by atoms with Crippen molar-refractivity contribution >= 4 is 0 Å². The SMILES string of the molecule is C=CCCC(N)c1ccc(F)cc1C. The van der Waals surface area contributed by atoms with Gasteiger partial charge in [0.1, 0.15) is 5.82 Å². The van der Waals surface area contributed by atoms with Gasteiger partial charge in [0.05, 0.1) is 0 Å². The van der Waals surface area contributed by atoms with Gasteiger partial charge in [-0.25, -0.2) is 4.39 Å². The summed E-state index contributed by atoms with van der Waals surface area (Å²) in [7, 11) is 0. The smallest absolute Gasteiger partial charge is 0.123 e. The molecule has 1 unspecified atom stereocenters. The molecule has 2 heteroatoms. The molecule has 1 rings (SSSR count). The molecule has 0 radical (unpaired) electrons. The highest BCUT2D eigenvalue weighted by Gasteiger charge is 2.08. The number of allylic oxidation sites excluding steroid dienone is 1. The molecule has 1 aromatic carbocycles. The second-order valence-corrected chi connectivity index (χ2v) is 3.47. The normalized spacial score (nSPS) is 12.5. The number of rotatable bonds is 4. The Morgan fingerprint density at radius 2 is 2.29 bits per heavy atom. The van der Waals surface area contributed by atoms with Gasteiger partial charge in [-0.1, -0.05) is 12.1 Å². The lowest BCUT2D eigenvalue weighted by Crippen LogP contribution is -2.11. The van der Waals surface area contributed by atoms with Gasteiger partial charge in [0, 0.05) is 6.04 Å². The van der Waals surface area contributed by atoms with Crippen molar-refractivity contribution in [3.63, 3.8) is 0 Å². The Morgan fingerprint density at radius 1 is 1.57 bits per heavy atom. The largest absolute Gasteiger partial charge is 0.324 e. The van der Waals surface area contributed by atoms with E-state index in [1.807, 2.05) is 13.0 Å². The van der Waals surface area contributed by atoms with Crippen LogP contribution in [0.1, 0.15) is 30.0 Å². The molecule has 0 fully saturated rings. The van der Waals surface area contributed by atoms with E-state index in [2.05, 4.69) is 6.58 Å². The molecule has 0 aliphatic heterocycles. The first-order chi connectivity index (χ1) is 6.65. The zero-order valence-electron chi connectivity index (χ0n) is 8.46. The van der Waals surface area contributed by atoms with E-state index in [0.717, 1.165) is 24.0 Å². The van der Waals surface area contributed by atoms with Crippen molar-refractivity contribution in [2.75, 3.05) is 0 Å². The van der Waals surface area contributed by atoms with E-state index in [4.69, 9.17) is 5.73 Å². The zero-order valence-corrected chi connectivity index (χ0v) is 8.46. The van der Waals surface area contributed by atoms with Crippen molar-refractivity contribution in [2.24, 2.45) is 5.73 Å². The summed E-state index contributed by atoms with van der Waals surface area (Å²) >= 11 is 0. The summed E-state index contributed by atoms with van der Waals surface area (Å²) in [5, 5.41) is 0. The minimum atomic E-state index is -0.206. The van der Waals surface area contributed by atoms with Crippen molar-refractivity contribution < 1.29 is 4.39 Å². The Morgan fingerprint density at radius 3 is 2.86 bits per heavy atom. The molecule has 76 valence electrons. The molecule has 0 aromatic heterocycles. The molecular formula is C12H16FN. The Hall–Kier alpha value is -1.15. The number of halogens is 1. The van der Waals surface area contributed by atoms with E-state index in [1.54, 1.807) is 6.07 Å². The Balaban J connectivity index is 2.78. The van der Waals surface area contributed by atoms with Crippen LogP contribution in [-0.4, -0.2) is 0 Å². The summed E-state index contributed by atoms with van der Waals surface area (Å²) in [6.07, 6.45) is 3.59. The minimum Gasteiger partial charge on any atom is -0.324 e. The van der Waals surface area contributed by atoms with Gasteiger partial charge in [-0.3, -0.25) is 0 Å². The summed E-state index contributed by atoms with van der Waals surface area (Å²) in [6, 6.07) is 4.71. The molecule has 0 saturated heterocycles. The molecule has 14 heavy (non-hydrogen) atoms. The van der Waals surface area contributed by atoms with Crippen LogP contribution in [0, 0.1) is 12.7 Å². The monoisotopic (exact) mass is 193 g/mol. The van der Waals surface area contributed by atoms with E-state index in [1.165, 1.54) is 12.1 Å². The molecule has 1 nitrogen and oxygen atoms in total. The molecule has 0 amide bonds. The van der Waals surface area contributed by atoms with Crippen molar-refractivity contribution in [3.8, 4) is 0 Å². The fraction of sp³-hybridized carbons (Fsp3) is 0.333. The Kier molecular flexibility index (Phi) is 3.84. The first kappa shape index (κ1) is 10.9. The van der Waals surface area contributed by atoms with Crippen LogP contribution in [0.4, 0.5) is 4.39 Å². The lowest BCUT2D eigenvalue weighted by atomic mass is 9.98. The van der Waals surface area contributed by atoms with Crippen molar-refractivity contribution in [2.45, 2.75) is 25.8 Å². The maximum Gasteiger partial charge on any atom is 0.123 e. The molecule has 0 aliphatic rings. The van der Waals surface area contributed by atoms with Crippen molar-refractivity contribution in [1.29, 1.82) is 0 Å². The van der Waals surface area contributed by atoms with Crippen molar-refractivity contribution in [1.82, 2.24) is 0 Å². The van der Waals surface area contributed by atoms with Gasteiger partial charge in [-0.2, -0.15) is 0 Å². The fourth-order valence-corrected chi connectivity index (χ4v) is 1.51. The van der Waals surface area contributed by atoms with Gasteiger partial charge in [0.15, 0.2) is 0 Å². The highest BCUT2D eigenvalue weighted by atomic mass is 19.1. The quantitative estimate of drug-likeness (QED) is 0.730. The second kappa shape index (κ2) is 4.91. The number of benzene rings is 1. The van der Waals surface area contributed by atoms with Gasteiger partial charge >= 0.3 is 0 Å². The number of hydrogen-bond donors (Lipinski definition) is 1. The summed E-state index contributed by atoms with van der Waals surface area (Å²) in [4.78, 5) is 0.